The van der Waals surface area contributed by atoms with Crippen LogP contribution in [-0.2, 0) is 5.41 Å². The van der Waals surface area contributed by atoms with Crippen LogP contribution in [0, 0.1) is 5.82 Å². The van der Waals surface area contributed by atoms with E-state index in [1.54, 1.807) is 18.3 Å². The fraction of sp³-hybridized carbons (Fsp3) is 0.357. The number of halogens is 1. The summed E-state index contributed by atoms with van der Waals surface area (Å²) < 4.78 is 13.7. The first-order valence-electron chi connectivity index (χ1n) is 6.05. The molecular formula is C14H18FN3. The minimum absolute atomic E-state index is 0.127. The molecule has 3 N–H and O–H groups in total. The topological polar surface area (TPSA) is 54.7 Å². The lowest BCUT2D eigenvalue weighted by Crippen LogP contribution is -2.23. The van der Waals surface area contributed by atoms with Crippen molar-refractivity contribution < 1.29 is 4.39 Å². The summed E-state index contributed by atoms with van der Waals surface area (Å²) in [4.78, 5) is 7.53. The van der Waals surface area contributed by atoms with Gasteiger partial charge in [-0.15, -0.1) is 0 Å². The third-order valence-electron chi connectivity index (χ3n) is 3.15. The van der Waals surface area contributed by atoms with Gasteiger partial charge >= 0.3 is 0 Å². The van der Waals surface area contributed by atoms with Gasteiger partial charge in [0.1, 0.15) is 11.6 Å². The van der Waals surface area contributed by atoms with Crippen LogP contribution < -0.4 is 5.73 Å². The standard InChI is InChI=1S/C14H18FN3/c1-14(2,7-8-16)13-17-9-12(18-13)10-5-3-4-6-11(10)15/h3-6,9H,7-8,16H2,1-2H3,(H,17,18). The highest BCUT2D eigenvalue weighted by molar-refractivity contribution is 5.59. The third-order valence-corrected chi connectivity index (χ3v) is 3.15. The van der Waals surface area contributed by atoms with E-state index in [1.807, 2.05) is 6.07 Å². The SMILES string of the molecule is CC(C)(CCN)c1ncc(-c2ccccc2F)[nH]1. The highest BCUT2D eigenvalue weighted by atomic mass is 19.1. The molecule has 96 valence electrons. The van der Waals surface area contributed by atoms with E-state index in [9.17, 15) is 4.39 Å². The van der Waals surface area contributed by atoms with E-state index in [0.29, 0.717) is 17.8 Å². The molecular weight excluding hydrogens is 229 g/mol. The third kappa shape index (κ3) is 2.43. The molecule has 1 heterocycles. The van der Waals surface area contributed by atoms with E-state index in [-0.39, 0.29) is 11.2 Å². The number of hydrogen-bond acceptors (Lipinski definition) is 2. The average molecular weight is 247 g/mol. The summed E-state index contributed by atoms with van der Waals surface area (Å²) in [7, 11) is 0. The smallest absolute Gasteiger partial charge is 0.132 e. The Morgan fingerprint density at radius 2 is 2.06 bits per heavy atom. The molecule has 1 aromatic heterocycles. The Hall–Kier alpha value is -1.68. The molecule has 1 aromatic carbocycles. The van der Waals surface area contributed by atoms with Crippen molar-refractivity contribution in [1.29, 1.82) is 0 Å². The number of imidazole rings is 1. The Labute approximate surface area is 106 Å². The van der Waals surface area contributed by atoms with E-state index in [4.69, 9.17) is 5.73 Å². The maximum Gasteiger partial charge on any atom is 0.132 e. The number of rotatable bonds is 4. The van der Waals surface area contributed by atoms with Gasteiger partial charge in [-0.05, 0) is 25.1 Å². The highest BCUT2D eigenvalue weighted by Gasteiger charge is 2.23. The van der Waals surface area contributed by atoms with Crippen molar-refractivity contribution in [3.05, 3.63) is 42.1 Å². The number of benzene rings is 1. The van der Waals surface area contributed by atoms with Crippen LogP contribution in [0.25, 0.3) is 11.3 Å². The first-order valence-corrected chi connectivity index (χ1v) is 6.05. The molecule has 0 bridgehead atoms. The van der Waals surface area contributed by atoms with Gasteiger partial charge in [0.2, 0.25) is 0 Å². The molecule has 0 fully saturated rings. The van der Waals surface area contributed by atoms with Gasteiger partial charge in [0.15, 0.2) is 0 Å². The van der Waals surface area contributed by atoms with Crippen molar-refractivity contribution in [3.8, 4) is 11.3 Å². The summed E-state index contributed by atoms with van der Waals surface area (Å²) in [5.74, 6) is 0.593. The van der Waals surface area contributed by atoms with E-state index >= 15 is 0 Å². The Balaban J connectivity index is 2.34. The lowest BCUT2D eigenvalue weighted by Gasteiger charge is -2.20. The number of aromatic amines is 1. The molecule has 3 nitrogen and oxygen atoms in total. The minimum Gasteiger partial charge on any atom is -0.341 e. The summed E-state index contributed by atoms with van der Waals surface area (Å²) in [5.41, 5.74) is 6.71. The molecule has 18 heavy (non-hydrogen) atoms. The summed E-state index contributed by atoms with van der Waals surface area (Å²) in [6.45, 7) is 4.75. The van der Waals surface area contributed by atoms with Crippen LogP contribution >= 0.6 is 0 Å². The number of nitrogens with two attached hydrogens (primary N) is 1. The maximum absolute atomic E-state index is 13.7. The second-order valence-electron chi connectivity index (χ2n) is 5.05. The van der Waals surface area contributed by atoms with Crippen LogP contribution in [-0.4, -0.2) is 16.5 Å². The number of aromatic nitrogens is 2. The number of nitrogens with one attached hydrogen (secondary N) is 1. The van der Waals surface area contributed by atoms with Gasteiger partial charge < -0.3 is 10.7 Å². The first-order chi connectivity index (χ1) is 8.54. The fourth-order valence-corrected chi connectivity index (χ4v) is 1.96. The second kappa shape index (κ2) is 4.90. The molecule has 2 aromatic rings. The quantitative estimate of drug-likeness (QED) is 0.872. The maximum atomic E-state index is 13.7. The molecule has 0 atom stereocenters. The predicted octanol–water partition coefficient (Wildman–Crippen LogP) is 2.84. The highest BCUT2D eigenvalue weighted by Crippen LogP contribution is 2.27. The van der Waals surface area contributed by atoms with Gasteiger partial charge in [-0.3, -0.25) is 0 Å². The zero-order valence-electron chi connectivity index (χ0n) is 10.7. The Kier molecular flexibility index (Phi) is 3.48. The van der Waals surface area contributed by atoms with Crippen molar-refractivity contribution >= 4 is 0 Å². The second-order valence-corrected chi connectivity index (χ2v) is 5.05. The van der Waals surface area contributed by atoms with Crippen LogP contribution in [0.4, 0.5) is 4.39 Å². The summed E-state index contributed by atoms with van der Waals surface area (Å²) in [6.07, 6.45) is 2.50. The Bertz CT molecular complexity index is 531. The zero-order chi connectivity index (χ0) is 13.2. The lowest BCUT2D eigenvalue weighted by atomic mass is 9.88. The predicted molar refractivity (Wildman–Crippen MR) is 70.7 cm³/mol. The molecule has 2 rings (SSSR count). The van der Waals surface area contributed by atoms with Crippen molar-refractivity contribution in [3.63, 3.8) is 0 Å². The van der Waals surface area contributed by atoms with Gasteiger partial charge in [0, 0.05) is 11.0 Å². The summed E-state index contributed by atoms with van der Waals surface area (Å²) >= 11 is 0. The monoisotopic (exact) mass is 247 g/mol. The van der Waals surface area contributed by atoms with Crippen LogP contribution in [0.3, 0.4) is 0 Å². The van der Waals surface area contributed by atoms with Gasteiger partial charge in [-0.2, -0.15) is 0 Å². The van der Waals surface area contributed by atoms with Gasteiger partial charge in [0.05, 0.1) is 11.9 Å². The molecule has 0 unspecified atom stereocenters. The zero-order valence-corrected chi connectivity index (χ0v) is 10.7. The van der Waals surface area contributed by atoms with Gasteiger partial charge in [0.25, 0.3) is 0 Å². The lowest BCUT2D eigenvalue weighted by molar-refractivity contribution is 0.462. The minimum atomic E-state index is -0.246. The van der Waals surface area contributed by atoms with E-state index in [0.717, 1.165) is 12.2 Å². The summed E-state index contributed by atoms with van der Waals surface area (Å²) in [5, 5.41) is 0. The summed E-state index contributed by atoms with van der Waals surface area (Å²) in [6, 6.07) is 6.67. The number of H-pyrrole nitrogens is 1. The number of nitrogens with zero attached hydrogens (tertiary/aromatic N) is 1. The Morgan fingerprint density at radius 3 is 2.72 bits per heavy atom. The van der Waals surface area contributed by atoms with Crippen LogP contribution in [0.1, 0.15) is 26.1 Å². The van der Waals surface area contributed by atoms with Crippen molar-refractivity contribution in [2.45, 2.75) is 25.7 Å². The molecule has 0 spiro atoms. The molecule has 0 saturated heterocycles. The molecule has 0 aliphatic rings. The Morgan fingerprint density at radius 1 is 1.33 bits per heavy atom. The molecule has 0 aliphatic carbocycles. The van der Waals surface area contributed by atoms with E-state index < -0.39 is 0 Å². The van der Waals surface area contributed by atoms with Crippen LogP contribution in [0.2, 0.25) is 0 Å². The first kappa shape index (κ1) is 12.8. The van der Waals surface area contributed by atoms with E-state index in [2.05, 4.69) is 23.8 Å². The molecule has 0 amide bonds. The molecule has 0 aliphatic heterocycles. The van der Waals surface area contributed by atoms with Crippen LogP contribution in [0.5, 0.6) is 0 Å². The van der Waals surface area contributed by atoms with Crippen molar-refractivity contribution in [2.24, 2.45) is 5.73 Å². The fourth-order valence-electron chi connectivity index (χ4n) is 1.96. The largest absolute Gasteiger partial charge is 0.341 e. The molecule has 0 saturated carbocycles. The average Bonchev–Trinajstić information content (AvgIpc) is 2.79. The van der Waals surface area contributed by atoms with Gasteiger partial charge in [-0.1, -0.05) is 26.0 Å². The van der Waals surface area contributed by atoms with Crippen LogP contribution in [0.15, 0.2) is 30.5 Å². The van der Waals surface area contributed by atoms with Crippen molar-refractivity contribution in [2.75, 3.05) is 6.54 Å². The van der Waals surface area contributed by atoms with Crippen molar-refractivity contribution in [1.82, 2.24) is 9.97 Å². The normalized spacial score (nSPS) is 11.8. The molecule has 0 radical (unpaired) electrons. The van der Waals surface area contributed by atoms with Gasteiger partial charge in [-0.25, -0.2) is 9.37 Å². The number of hydrogen-bond donors (Lipinski definition) is 2. The van der Waals surface area contributed by atoms with E-state index in [1.165, 1.54) is 6.07 Å². The molecule has 4 heteroatoms.